The molecule has 1 N–H and O–H groups in total. The number of benzene rings is 2. The first-order chi connectivity index (χ1) is 10.3. The van der Waals surface area contributed by atoms with E-state index >= 15 is 0 Å². The Kier molecular flexibility index (Phi) is 2.67. The van der Waals surface area contributed by atoms with Crippen LogP contribution < -0.4 is 14.8 Å². The topological polar surface area (TPSA) is 47.6 Å². The van der Waals surface area contributed by atoms with Crippen LogP contribution in [-0.2, 0) is 4.79 Å². The number of anilines is 1. The lowest BCUT2D eigenvalue weighted by Gasteiger charge is -2.18. The summed E-state index contributed by atoms with van der Waals surface area (Å²) < 4.78 is 11.1. The summed E-state index contributed by atoms with van der Waals surface area (Å²) in [5.41, 5.74) is 3.37. The van der Waals surface area contributed by atoms with Crippen molar-refractivity contribution in [3.63, 3.8) is 0 Å². The Morgan fingerprint density at radius 1 is 1.00 bits per heavy atom. The van der Waals surface area contributed by atoms with Gasteiger partial charge in [0.05, 0.1) is 0 Å². The number of nitrogens with one attached hydrogen (secondary N) is 1. The minimum atomic E-state index is -0.0777. The molecule has 0 bridgehead atoms. The molecule has 4 nitrogen and oxygen atoms in total. The van der Waals surface area contributed by atoms with Gasteiger partial charge in [0.1, 0.15) is 13.2 Å². The predicted octanol–water partition coefficient (Wildman–Crippen LogP) is 2.95. The molecule has 0 aliphatic carbocycles. The summed E-state index contributed by atoms with van der Waals surface area (Å²) in [5, 5.41) is 2.87. The summed E-state index contributed by atoms with van der Waals surface area (Å²) in [6, 6.07) is 13.4. The molecule has 0 spiro atoms. The fourth-order valence-corrected chi connectivity index (χ4v) is 2.60. The van der Waals surface area contributed by atoms with Crippen molar-refractivity contribution in [3.8, 4) is 11.5 Å². The van der Waals surface area contributed by atoms with Crippen LogP contribution in [0.15, 0.2) is 42.5 Å². The first-order valence-electron chi connectivity index (χ1n) is 6.83. The fraction of sp³-hybridized carbons (Fsp3) is 0.118. The van der Waals surface area contributed by atoms with Crippen molar-refractivity contribution in [3.05, 3.63) is 53.6 Å². The highest BCUT2D eigenvalue weighted by Crippen LogP contribution is 2.35. The van der Waals surface area contributed by atoms with Gasteiger partial charge in [0.2, 0.25) is 0 Å². The van der Waals surface area contributed by atoms with Gasteiger partial charge in [-0.05, 0) is 29.8 Å². The zero-order valence-electron chi connectivity index (χ0n) is 11.3. The van der Waals surface area contributed by atoms with E-state index in [9.17, 15) is 4.79 Å². The van der Waals surface area contributed by atoms with Crippen LogP contribution in [0, 0.1) is 0 Å². The summed E-state index contributed by atoms with van der Waals surface area (Å²) in [4.78, 5) is 12.1. The molecule has 0 atom stereocenters. The molecule has 2 heterocycles. The van der Waals surface area contributed by atoms with Crippen LogP contribution in [0.3, 0.4) is 0 Å². The molecule has 2 aromatic rings. The number of carbonyl (C=O) groups is 1. The van der Waals surface area contributed by atoms with Gasteiger partial charge in [-0.15, -0.1) is 0 Å². The number of amides is 1. The van der Waals surface area contributed by atoms with Crippen molar-refractivity contribution < 1.29 is 14.3 Å². The van der Waals surface area contributed by atoms with E-state index in [0.717, 1.165) is 28.3 Å². The maximum atomic E-state index is 12.1. The zero-order chi connectivity index (χ0) is 14.2. The lowest BCUT2D eigenvalue weighted by Crippen LogP contribution is -2.15. The fourth-order valence-electron chi connectivity index (χ4n) is 2.60. The molecule has 0 aromatic heterocycles. The van der Waals surface area contributed by atoms with Gasteiger partial charge in [0, 0.05) is 16.8 Å². The Morgan fingerprint density at radius 3 is 2.71 bits per heavy atom. The van der Waals surface area contributed by atoms with Crippen LogP contribution >= 0.6 is 0 Å². The smallest absolute Gasteiger partial charge is 0.256 e. The number of rotatable bonds is 1. The standard InChI is InChI=1S/C17H13NO3/c19-17-13(12-3-1-2-4-14(12)18-17)9-11-5-6-15-16(10-11)21-8-7-20-15/h1-6,9-10H,7-8H2,(H,18,19). The van der Waals surface area contributed by atoms with Gasteiger partial charge in [-0.1, -0.05) is 24.3 Å². The van der Waals surface area contributed by atoms with Gasteiger partial charge in [-0.3, -0.25) is 4.79 Å². The second kappa shape index (κ2) is 4.66. The zero-order valence-corrected chi connectivity index (χ0v) is 11.3. The number of fused-ring (bicyclic) bond motifs is 2. The maximum absolute atomic E-state index is 12.1. The molecule has 4 rings (SSSR count). The highest BCUT2D eigenvalue weighted by Gasteiger charge is 2.23. The summed E-state index contributed by atoms with van der Waals surface area (Å²) in [5.74, 6) is 1.40. The highest BCUT2D eigenvalue weighted by atomic mass is 16.6. The number of para-hydroxylation sites is 1. The monoisotopic (exact) mass is 279 g/mol. The molecule has 21 heavy (non-hydrogen) atoms. The molecule has 2 aromatic carbocycles. The second-order valence-electron chi connectivity index (χ2n) is 4.96. The van der Waals surface area contributed by atoms with Gasteiger partial charge in [-0.2, -0.15) is 0 Å². The molecule has 0 saturated carbocycles. The third-order valence-electron chi connectivity index (χ3n) is 3.59. The molecule has 2 aliphatic rings. The highest BCUT2D eigenvalue weighted by molar-refractivity contribution is 6.34. The molecule has 2 aliphatic heterocycles. The molecular weight excluding hydrogens is 266 g/mol. The second-order valence-corrected chi connectivity index (χ2v) is 4.96. The van der Waals surface area contributed by atoms with E-state index in [2.05, 4.69) is 5.32 Å². The minimum absolute atomic E-state index is 0.0777. The van der Waals surface area contributed by atoms with E-state index in [4.69, 9.17) is 9.47 Å². The third-order valence-corrected chi connectivity index (χ3v) is 3.59. The summed E-state index contributed by atoms with van der Waals surface area (Å²) in [7, 11) is 0. The summed E-state index contributed by atoms with van der Waals surface area (Å²) in [6.07, 6.45) is 1.87. The predicted molar refractivity (Wildman–Crippen MR) is 80.4 cm³/mol. The van der Waals surface area contributed by atoms with E-state index in [1.54, 1.807) is 0 Å². The number of hydrogen-bond acceptors (Lipinski definition) is 3. The number of carbonyl (C=O) groups excluding carboxylic acids is 1. The van der Waals surface area contributed by atoms with Crippen molar-refractivity contribution in [1.82, 2.24) is 0 Å². The maximum Gasteiger partial charge on any atom is 0.256 e. The Bertz CT molecular complexity index is 764. The van der Waals surface area contributed by atoms with Crippen LogP contribution in [0.1, 0.15) is 11.1 Å². The molecule has 1 amide bonds. The average Bonchev–Trinajstić information content (AvgIpc) is 2.83. The lowest BCUT2D eigenvalue weighted by atomic mass is 10.0. The van der Waals surface area contributed by atoms with Gasteiger partial charge < -0.3 is 14.8 Å². The Morgan fingerprint density at radius 2 is 1.81 bits per heavy atom. The van der Waals surface area contributed by atoms with Crippen molar-refractivity contribution >= 4 is 23.2 Å². The van der Waals surface area contributed by atoms with Gasteiger partial charge in [0.15, 0.2) is 11.5 Å². The molecular formula is C17H13NO3. The van der Waals surface area contributed by atoms with Crippen molar-refractivity contribution in [1.29, 1.82) is 0 Å². The summed E-state index contributed by atoms with van der Waals surface area (Å²) in [6.45, 7) is 1.12. The Balaban J connectivity index is 1.76. The Labute approximate surface area is 122 Å². The van der Waals surface area contributed by atoms with Crippen LogP contribution in [-0.4, -0.2) is 19.1 Å². The van der Waals surface area contributed by atoms with Crippen molar-refractivity contribution in [2.24, 2.45) is 0 Å². The first kappa shape index (κ1) is 12.0. The van der Waals surface area contributed by atoms with Crippen LogP contribution in [0.2, 0.25) is 0 Å². The van der Waals surface area contributed by atoms with Gasteiger partial charge >= 0.3 is 0 Å². The molecule has 0 radical (unpaired) electrons. The molecule has 0 unspecified atom stereocenters. The van der Waals surface area contributed by atoms with E-state index in [-0.39, 0.29) is 5.91 Å². The van der Waals surface area contributed by atoms with Crippen molar-refractivity contribution in [2.45, 2.75) is 0 Å². The summed E-state index contributed by atoms with van der Waals surface area (Å²) >= 11 is 0. The molecule has 4 heteroatoms. The molecule has 0 fully saturated rings. The first-order valence-corrected chi connectivity index (χ1v) is 6.83. The quantitative estimate of drug-likeness (QED) is 0.816. The molecule has 104 valence electrons. The average molecular weight is 279 g/mol. The van der Waals surface area contributed by atoms with E-state index in [0.29, 0.717) is 18.8 Å². The minimum Gasteiger partial charge on any atom is -0.486 e. The van der Waals surface area contributed by atoms with E-state index < -0.39 is 0 Å². The largest absolute Gasteiger partial charge is 0.486 e. The lowest BCUT2D eigenvalue weighted by molar-refractivity contribution is -0.110. The van der Waals surface area contributed by atoms with Crippen molar-refractivity contribution in [2.75, 3.05) is 18.5 Å². The third kappa shape index (κ3) is 2.05. The van der Waals surface area contributed by atoms with Gasteiger partial charge in [-0.25, -0.2) is 0 Å². The van der Waals surface area contributed by atoms with Crippen LogP contribution in [0.25, 0.3) is 11.6 Å². The molecule has 0 saturated heterocycles. The van der Waals surface area contributed by atoms with Gasteiger partial charge in [0.25, 0.3) is 5.91 Å². The number of hydrogen-bond donors (Lipinski definition) is 1. The van der Waals surface area contributed by atoms with Crippen LogP contribution in [0.4, 0.5) is 5.69 Å². The van der Waals surface area contributed by atoms with Crippen LogP contribution in [0.5, 0.6) is 11.5 Å². The van der Waals surface area contributed by atoms with E-state index in [1.807, 2.05) is 48.5 Å². The Hall–Kier alpha value is -2.75. The normalized spacial score (nSPS) is 17.5. The SMILES string of the molecule is O=C1Nc2ccccc2C1=Cc1ccc2c(c1)OCCO2. The number of ether oxygens (including phenoxy) is 2. The van der Waals surface area contributed by atoms with E-state index in [1.165, 1.54) is 0 Å².